The second kappa shape index (κ2) is 8.86. The lowest BCUT2D eigenvalue weighted by Crippen LogP contribution is -2.27. The van der Waals surface area contributed by atoms with Gasteiger partial charge in [0.1, 0.15) is 5.82 Å². The van der Waals surface area contributed by atoms with E-state index in [1.807, 2.05) is 0 Å². The second-order valence-electron chi connectivity index (χ2n) is 6.21. The number of thioether (sulfide) groups is 1. The van der Waals surface area contributed by atoms with Crippen molar-refractivity contribution >= 4 is 17.7 Å². The van der Waals surface area contributed by atoms with E-state index in [0.29, 0.717) is 17.5 Å². The van der Waals surface area contributed by atoms with Gasteiger partial charge in [0.2, 0.25) is 5.91 Å². The van der Waals surface area contributed by atoms with Crippen molar-refractivity contribution in [3.63, 3.8) is 0 Å². The van der Waals surface area contributed by atoms with Gasteiger partial charge in [0, 0.05) is 19.2 Å². The molecule has 0 N–H and O–H groups in total. The topological polar surface area (TPSA) is 46.3 Å². The van der Waals surface area contributed by atoms with E-state index in [1.54, 1.807) is 30.3 Å². The molecule has 0 bridgehead atoms. The van der Waals surface area contributed by atoms with E-state index in [9.17, 15) is 9.18 Å². The molecular formula is C21H21FN2O2S. The molecule has 4 nitrogen and oxygen atoms in total. The molecule has 2 aromatic carbocycles. The largest absolute Gasteiger partial charge is 0.431 e. The van der Waals surface area contributed by atoms with Gasteiger partial charge in [-0.25, -0.2) is 9.37 Å². The number of hydrogen-bond donors (Lipinski definition) is 0. The summed E-state index contributed by atoms with van der Waals surface area (Å²) in [6, 6.07) is 14.3. The highest BCUT2D eigenvalue weighted by atomic mass is 32.2. The van der Waals surface area contributed by atoms with Crippen LogP contribution in [0.3, 0.4) is 0 Å². The predicted molar refractivity (Wildman–Crippen MR) is 105 cm³/mol. The minimum absolute atomic E-state index is 0.00102. The molecule has 0 fully saturated rings. The number of carbonyl (C=O) groups is 1. The van der Waals surface area contributed by atoms with Crippen molar-refractivity contribution in [3.05, 3.63) is 71.7 Å². The Kier molecular flexibility index (Phi) is 6.29. The van der Waals surface area contributed by atoms with Crippen LogP contribution in [0.25, 0.3) is 11.3 Å². The monoisotopic (exact) mass is 384 g/mol. The molecular weight excluding hydrogens is 363 g/mol. The summed E-state index contributed by atoms with van der Waals surface area (Å²) < 4.78 is 18.6. The Balaban J connectivity index is 1.53. The van der Waals surface area contributed by atoms with E-state index >= 15 is 0 Å². The number of nitrogens with zero attached hydrogens (tertiary/aromatic N) is 2. The highest BCUT2D eigenvalue weighted by molar-refractivity contribution is 7.99. The molecule has 3 aromatic rings. The SMILES string of the molecule is CCc1ccc(CN(C)C(=O)CSc2ncc(-c3ccc(F)cc3)o2)cc1. The van der Waals surface area contributed by atoms with Crippen LogP contribution in [0.5, 0.6) is 0 Å². The Bertz CT molecular complexity index is 891. The molecule has 0 radical (unpaired) electrons. The Morgan fingerprint density at radius 2 is 1.78 bits per heavy atom. The minimum Gasteiger partial charge on any atom is -0.431 e. The van der Waals surface area contributed by atoms with Crippen LogP contribution in [0.2, 0.25) is 0 Å². The molecule has 1 heterocycles. The van der Waals surface area contributed by atoms with E-state index in [4.69, 9.17) is 4.42 Å². The van der Waals surface area contributed by atoms with Crippen molar-refractivity contribution in [2.45, 2.75) is 25.1 Å². The number of aryl methyl sites for hydroxylation is 1. The molecule has 0 spiro atoms. The first-order valence-electron chi connectivity index (χ1n) is 8.71. The van der Waals surface area contributed by atoms with Crippen molar-refractivity contribution in [2.24, 2.45) is 0 Å². The molecule has 0 saturated carbocycles. The number of benzene rings is 2. The van der Waals surface area contributed by atoms with E-state index in [2.05, 4.69) is 36.2 Å². The number of carbonyl (C=O) groups excluding carboxylic acids is 1. The molecule has 3 rings (SSSR count). The summed E-state index contributed by atoms with van der Waals surface area (Å²) in [4.78, 5) is 18.2. The summed E-state index contributed by atoms with van der Waals surface area (Å²) in [5.74, 6) is 0.494. The number of rotatable bonds is 7. The van der Waals surface area contributed by atoms with Crippen LogP contribution in [0, 0.1) is 5.82 Å². The molecule has 0 aliphatic rings. The van der Waals surface area contributed by atoms with Gasteiger partial charge in [-0.1, -0.05) is 43.0 Å². The van der Waals surface area contributed by atoms with Gasteiger partial charge in [0.15, 0.2) is 5.76 Å². The summed E-state index contributed by atoms with van der Waals surface area (Å²) in [6.45, 7) is 2.68. The molecule has 6 heteroatoms. The van der Waals surface area contributed by atoms with Crippen LogP contribution in [0.15, 0.2) is 64.4 Å². The zero-order valence-electron chi connectivity index (χ0n) is 15.3. The van der Waals surface area contributed by atoms with Gasteiger partial charge >= 0.3 is 0 Å². The lowest BCUT2D eigenvalue weighted by Gasteiger charge is -2.16. The third-order valence-electron chi connectivity index (χ3n) is 4.21. The molecule has 0 aliphatic carbocycles. The summed E-state index contributed by atoms with van der Waals surface area (Å²) in [5, 5.41) is 0.420. The Morgan fingerprint density at radius 3 is 2.44 bits per heavy atom. The lowest BCUT2D eigenvalue weighted by atomic mass is 10.1. The summed E-state index contributed by atoms with van der Waals surface area (Å²) >= 11 is 1.25. The number of aromatic nitrogens is 1. The van der Waals surface area contributed by atoms with Gasteiger partial charge in [0.25, 0.3) is 5.22 Å². The second-order valence-corrected chi connectivity index (χ2v) is 7.13. The average Bonchev–Trinajstić information content (AvgIpc) is 3.16. The van der Waals surface area contributed by atoms with Crippen molar-refractivity contribution in [1.82, 2.24) is 9.88 Å². The normalized spacial score (nSPS) is 10.8. The lowest BCUT2D eigenvalue weighted by molar-refractivity contribution is -0.127. The summed E-state index contributed by atoms with van der Waals surface area (Å²) in [6.07, 6.45) is 2.58. The maximum atomic E-state index is 13.0. The predicted octanol–water partition coefficient (Wildman–Crippen LogP) is 4.79. The average molecular weight is 384 g/mol. The standard InChI is InChI=1S/C21H21FN2O2S/c1-3-15-4-6-16(7-5-15)13-24(2)20(25)14-27-21-23-12-19(26-21)17-8-10-18(22)11-9-17/h4-12H,3,13-14H2,1-2H3. The fourth-order valence-corrected chi connectivity index (χ4v) is 3.29. The summed E-state index contributed by atoms with van der Waals surface area (Å²) in [7, 11) is 1.79. The molecule has 1 aromatic heterocycles. The third kappa shape index (κ3) is 5.20. The molecule has 0 unspecified atom stereocenters. The zero-order chi connectivity index (χ0) is 19.2. The van der Waals surface area contributed by atoms with Crippen molar-refractivity contribution in [1.29, 1.82) is 0 Å². The van der Waals surface area contributed by atoms with E-state index in [-0.39, 0.29) is 17.5 Å². The van der Waals surface area contributed by atoms with Crippen LogP contribution < -0.4 is 0 Å². The first kappa shape index (κ1) is 19.2. The number of hydrogen-bond acceptors (Lipinski definition) is 4. The Labute approximate surface area is 162 Å². The smallest absolute Gasteiger partial charge is 0.256 e. The molecule has 0 aliphatic heterocycles. The van der Waals surface area contributed by atoms with Gasteiger partial charge in [-0.15, -0.1) is 0 Å². The first-order valence-corrected chi connectivity index (χ1v) is 9.70. The van der Waals surface area contributed by atoms with Gasteiger partial charge in [-0.3, -0.25) is 4.79 Å². The van der Waals surface area contributed by atoms with E-state index in [0.717, 1.165) is 17.5 Å². The van der Waals surface area contributed by atoms with Crippen LogP contribution in [0.1, 0.15) is 18.1 Å². The molecule has 0 saturated heterocycles. The van der Waals surface area contributed by atoms with Gasteiger partial charge in [-0.05, 0) is 41.8 Å². The highest BCUT2D eigenvalue weighted by Crippen LogP contribution is 2.25. The van der Waals surface area contributed by atoms with Crippen LogP contribution in [-0.4, -0.2) is 28.6 Å². The number of amides is 1. The number of oxazole rings is 1. The summed E-state index contributed by atoms with van der Waals surface area (Å²) in [5.41, 5.74) is 3.13. The van der Waals surface area contributed by atoms with E-state index < -0.39 is 0 Å². The quantitative estimate of drug-likeness (QED) is 0.549. The molecule has 1 amide bonds. The van der Waals surface area contributed by atoms with Crippen molar-refractivity contribution in [2.75, 3.05) is 12.8 Å². The molecule has 27 heavy (non-hydrogen) atoms. The molecule has 140 valence electrons. The van der Waals surface area contributed by atoms with Crippen molar-refractivity contribution < 1.29 is 13.6 Å². The minimum atomic E-state index is -0.300. The first-order chi connectivity index (χ1) is 13.0. The van der Waals surface area contributed by atoms with Gasteiger partial charge < -0.3 is 9.32 Å². The van der Waals surface area contributed by atoms with Gasteiger partial charge in [-0.2, -0.15) is 0 Å². The fraction of sp³-hybridized carbons (Fsp3) is 0.238. The number of halogens is 1. The van der Waals surface area contributed by atoms with Crippen LogP contribution >= 0.6 is 11.8 Å². The van der Waals surface area contributed by atoms with Crippen LogP contribution in [0.4, 0.5) is 4.39 Å². The van der Waals surface area contributed by atoms with Crippen LogP contribution in [-0.2, 0) is 17.8 Å². The zero-order valence-corrected chi connectivity index (χ0v) is 16.1. The third-order valence-corrected chi connectivity index (χ3v) is 5.04. The maximum absolute atomic E-state index is 13.0. The molecule has 0 atom stereocenters. The maximum Gasteiger partial charge on any atom is 0.256 e. The fourth-order valence-electron chi connectivity index (χ4n) is 2.55. The Hall–Kier alpha value is -2.60. The Morgan fingerprint density at radius 1 is 1.11 bits per heavy atom. The van der Waals surface area contributed by atoms with Crippen molar-refractivity contribution in [3.8, 4) is 11.3 Å². The van der Waals surface area contributed by atoms with Gasteiger partial charge in [0.05, 0.1) is 11.9 Å². The van der Waals surface area contributed by atoms with E-state index in [1.165, 1.54) is 29.5 Å². The highest BCUT2D eigenvalue weighted by Gasteiger charge is 2.13.